The second-order valence-corrected chi connectivity index (χ2v) is 8.92. The molecule has 0 radical (unpaired) electrons. The lowest BCUT2D eigenvalue weighted by Crippen LogP contribution is -2.44. The minimum Gasteiger partial charge on any atom is -0.465 e. The Labute approximate surface area is 186 Å². The van der Waals surface area contributed by atoms with Crippen molar-refractivity contribution in [2.45, 2.75) is 50.9 Å². The SMILES string of the molecule is C[C@H](NC(=O)O)C1CCC[C@H](NC2=C(F)CNC(C3=CNC4C3=CC(Cl)=CN4C)=N2)C1. The predicted molar refractivity (Wildman–Crippen MR) is 118 cm³/mol. The Morgan fingerprint density at radius 2 is 2.26 bits per heavy atom. The largest absolute Gasteiger partial charge is 0.465 e. The maximum atomic E-state index is 14.6. The number of allylic oxidation sites excluding steroid dienone is 2. The van der Waals surface area contributed by atoms with Crippen LogP contribution < -0.4 is 21.3 Å². The second-order valence-electron chi connectivity index (χ2n) is 8.48. The van der Waals surface area contributed by atoms with Crippen LogP contribution in [0.15, 0.2) is 51.3 Å². The summed E-state index contributed by atoms with van der Waals surface area (Å²) < 4.78 is 14.6. The van der Waals surface area contributed by atoms with E-state index in [0.717, 1.165) is 36.8 Å². The molecule has 8 nitrogen and oxygen atoms in total. The number of carbonyl (C=O) groups is 1. The molecule has 4 aliphatic rings. The van der Waals surface area contributed by atoms with Gasteiger partial charge in [0.05, 0.1) is 11.6 Å². The van der Waals surface area contributed by atoms with Crippen molar-refractivity contribution in [1.82, 2.24) is 26.2 Å². The van der Waals surface area contributed by atoms with E-state index >= 15 is 0 Å². The van der Waals surface area contributed by atoms with Crippen LogP contribution in [0, 0.1) is 5.92 Å². The molecule has 31 heavy (non-hydrogen) atoms. The molecule has 1 fully saturated rings. The number of fused-ring (bicyclic) bond motifs is 1. The summed E-state index contributed by atoms with van der Waals surface area (Å²) in [4.78, 5) is 17.5. The second kappa shape index (κ2) is 8.82. The van der Waals surface area contributed by atoms with E-state index in [-0.39, 0.29) is 42.4 Å². The number of rotatable bonds is 5. The topological polar surface area (TPSA) is 101 Å². The van der Waals surface area contributed by atoms with Gasteiger partial charge in [0.2, 0.25) is 0 Å². The van der Waals surface area contributed by atoms with Gasteiger partial charge in [-0.25, -0.2) is 14.2 Å². The summed E-state index contributed by atoms with van der Waals surface area (Å²) in [7, 11) is 1.94. The monoisotopic (exact) mass is 450 g/mol. The third-order valence-corrected chi connectivity index (χ3v) is 6.49. The van der Waals surface area contributed by atoms with Gasteiger partial charge in [-0.3, -0.25) is 0 Å². The Balaban J connectivity index is 1.47. The smallest absolute Gasteiger partial charge is 0.404 e. The molecule has 0 spiro atoms. The fraction of sp³-hybridized carbons (Fsp3) is 0.524. The van der Waals surface area contributed by atoms with E-state index in [4.69, 9.17) is 16.7 Å². The number of likely N-dealkylation sites (N-methyl/N-ethyl adjacent to an activating group) is 1. The van der Waals surface area contributed by atoms with E-state index in [1.165, 1.54) is 0 Å². The van der Waals surface area contributed by atoms with E-state index in [1.807, 2.05) is 37.3 Å². The highest BCUT2D eigenvalue weighted by molar-refractivity contribution is 6.31. The van der Waals surface area contributed by atoms with Crippen LogP contribution >= 0.6 is 11.6 Å². The lowest BCUT2D eigenvalue weighted by atomic mass is 9.81. The molecule has 1 aliphatic carbocycles. The standard InChI is InChI=1S/C21H28ClFN6O2/c1-11(26-21(30)31)12-4-3-5-14(6-12)27-19-17(23)9-24-18(28-19)16-8-25-20-15(16)7-13(22)10-29(20)2/h7-8,10-12,14,20,25-27H,3-6,9H2,1-2H3,(H,24,28)(H,30,31)/t11-,12?,14-,20?/m0/s1. The van der Waals surface area contributed by atoms with E-state index in [0.29, 0.717) is 10.9 Å². The number of nitrogens with zero attached hydrogens (tertiary/aromatic N) is 2. The number of amidine groups is 1. The number of hydrogen-bond donors (Lipinski definition) is 5. The maximum absolute atomic E-state index is 14.6. The van der Waals surface area contributed by atoms with Crippen molar-refractivity contribution in [3.8, 4) is 0 Å². The van der Waals surface area contributed by atoms with Crippen molar-refractivity contribution in [2.75, 3.05) is 13.6 Å². The molecule has 1 amide bonds. The van der Waals surface area contributed by atoms with Gasteiger partial charge in [0.15, 0.2) is 11.6 Å². The molecule has 0 aromatic heterocycles. The van der Waals surface area contributed by atoms with E-state index in [9.17, 15) is 9.18 Å². The average molecular weight is 451 g/mol. The molecule has 3 heterocycles. The van der Waals surface area contributed by atoms with Crippen molar-refractivity contribution in [3.63, 3.8) is 0 Å². The Morgan fingerprint density at radius 1 is 1.45 bits per heavy atom. The third kappa shape index (κ3) is 4.66. The van der Waals surface area contributed by atoms with E-state index in [2.05, 4.69) is 26.3 Å². The molecule has 3 aliphatic heterocycles. The van der Waals surface area contributed by atoms with Crippen LogP contribution in [0.25, 0.3) is 0 Å². The Kier molecular flexibility index (Phi) is 6.13. The number of amides is 1. The highest BCUT2D eigenvalue weighted by Gasteiger charge is 2.33. The number of hydrogen-bond acceptors (Lipinski definition) is 6. The first-order valence-electron chi connectivity index (χ1n) is 10.6. The molecule has 4 rings (SSSR count). The Hall–Kier alpha value is -2.68. The van der Waals surface area contributed by atoms with Crippen LogP contribution in [0.4, 0.5) is 9.18 Å². The molecular formula is C21H28ClFN6O2. The van der Waals surface area contributed by atoms with Crippen LogP contribution in [-0.2, 0) is 0 Å². The molecular weight excluding hydrogens is 423 g/mol. The van der Waals surface area contributed by atoms with Crippen molar-refractivity contribution >= 4 is 23.5 Å². The van der Waals surface area contributed by atoms with Crippen LogP contribution in [0.2, 0.25) is 0 Å². The van der Waals surface area contributed by atoms with Gasteiger partial charge in [-0.15, -0.1) is 0 Å². The number of carboxylic acid groups (broad SMARTS) is 1. The molecule has 0 bridgehead atoms. The summed E-state index contributed by atoms with van der Waals surface area (Å²) in [6.45, 7) is 1.94. The third-order valence-electron chi connectivity index (χ3n) is 6.28. The summed E-state index contributed by atoms with van der Waals surface area (Å²) in [6.07, 6.45) is 8.14. The Morgan fingerprint density at radius 3 is 3.03 bits per heavy atom. The van der Waals surface area contributed by atoms with Gasteiger partial charge in [0.25, 0.3) is 0 Å². The first kappa shape index (κ1) is 21.5. The first-order valence-corrected chi connectivity index (χ1v) is 10.9. The Bertz CT molecular complexity index is 912. The first-order chi connectivity index (χ1) is 14.8. The summed E-state index contributed by atoms with van der Waals surface area (Å²) in [6, 6.07) is -0.103. The fourth-order valence-corrected chi connectivity index (χ4v) is 4.95. The summed E-state index contributed by atoms with van der Waals surface area (Å²) in [5, 5.41) is 21.8. The molecule has 5 N–H and O–H groups in total. The quantitative estimate of drug-likeness (QED) is 0.441. The van der Waals surface area contributed by atoms with E-state index < -0.39 is 6.09 Å². The van der Waals surface area contributed by atoms with Crippen molar-refractivity contribution in [3.05, 3.63) is 46.3 Å². The molecule has 168 valence electrons. The van der Waals surface area contributed by atoms with Crippen LogP contribution in [-0.4, -0.2) is 53.8 Å². The average Bonchev–Trinajstić information content (AvgIpc) is 3.13. The highest BCUT2D eigenvalue weighted by Crippen LogP contribution is 2.32. The van der Waals surface area contributed by atoms with Crippen LogP contribution in [0.1, 0.15) is 32.6 Å². The maximum Gasteiger partial charge on any atom is 0.404 e. The lowest BCUT2D eigenvalue weighted by Gasteiger charge is -2.34. The highest BCUT2D eigenvalue weighted by atomic mass is 35.5. The fourth-order valence-electron chi connectivity index (χ4n) is 4.68. The zero-order valence-corrected chi connectivity index (χ0v) is 18.3. The molecule has 10 heteroatoms. The van der Waals surface area contributed by atoms with Gasteiger partial charge in [-0.1, -0.05) is 18.0 Å². The van der Waals surface area contributed by atoms with Gasteiger partial charge in [0, 0.05) is 42.7 Å². The van der Waals surface area contributed by atoms with Crippen molar-refractivity contribution in [1.29, 1.82) is 0 Å². The summed E-state index contributed by atoms with van der Waals surface area (Å²) in [5.41, 5.74) is 1.84. The zero-order valence-electron chi connectivity index (χ0n) is 17.6. The van der Waals surface area contributed by atoms with E-state index in [1.54, 1.807) is 0 Å². The molecule has 2 unspecified atom stereocenters. The molecule has 4 atom stereocenters. The number of nitrogens with one attached hydrogen (secondary N) is 4. The van der Waals surface area contributed by atoms with Gasteiger partial charge >= 0.3 is 6.09 Å². The molecule has 0 aromatic rings. The minimum atomic E-state index is -1.02. The molecule has 0 aromatic carbocycles. The van der Waals surface area contributed by atoms with Gasteiger partial charge in [-0.05, 0) is 38.2 Å². The molecule has 1 saturated carbocycles. The van der Waals surface area contributed by atoms with Crippen LogP contribution in [0.3, 0.4) is 0 Å². The molecule has 0 saturated heterocycles. The number of aliphatic imine (C=N–C) groups is 1. The lowest BCUT2D eigenvalue weighted by molar-refractivity contribution is 0.177. The zero-order chi connectivity index (χ0) is 22.1. The van der Waals surface area contributed by atoms with Gasteiger partial charge < -0.3 is 31.3 Å². The van der Waals surface area contributed by atoms with Crippen LogP contribution in [0.5, 0.6) is 0 Å². The van der Waals surface area contributed by atoms with Crippen molar-refractivity contribution < 1.29 is 14.3 Å². The van der Waals surface area contributed by atoms with Gasteiger partial charge in [-0.2, -0.15) is 0 Å². The van der Waals surface area contributed by atoms with Gasteiger partial charge in [0.1, 0.15) is 12.0 Å². The minimum absolute atomic E-state index is 0.0310. The normalized spacial score (nSPS) is 28.9. The predicted octanol–water partition coefficient (Wildman–Crippen LogP) is 2.70. The van der Waals surface area contributed by atoms with Crippen molar-refractivity contribution in [2.24, 2.45) is 10.9 Å². The number of halogens is 2. The summed E-state index contributed by atoms with van der Waals surface area (Å²) >= 11 is 6.24. The summed E-state index contributed by atoms with van der Waals surface area (Å²) in [5.74, 6) is 0.709.